The first-order chi connectivity index (χ1) is 10.2. The van der Waals surface area contributed by atoms with Gasteiger partial charge in [-0.05, 0) is 18.2 Å². The highest BCUT2D eigenvalue weighted by Crippen LogP contribution is 2.24. The van der Waals surface area contributed by atoms with Crippen LogP contribution in [-0.2, 0) is 0 Å². The van der Waals surface area contributed by atoms with E-state index in [4.69, 9.17) is 4.52 Å². The molecule has 0 aliphatic heterocycles. The third-order valence-electron chi connectivity index (χ3n) is 2.93. The summed E-state index contributed by atoms with van der Waals surface area (Å²) < 4.78 is 6.11. The first kappa shape index (κ1) is 13.6. The maximum Gasteiger partial charge on any atom is 0.261 e. The summed E-state index contributed by atoms with van der Waals surface area (Å²) in [6, 6.07) is 16.8. The Labute approximate surface area is 129 Å². The number of nitrogens with zero attached hydrogens (tertiary/aromatic N) is 1. The molecule has 0 aliphatic carbocycles. The van der Waals surface area contributed by atoms with E-state index in [1.807, 2.05) is 54.6 Å². The van der Waals surface area contributed by atoms with Gasteiger partial charge in [0.15, 0.2) is 5.76 Å². The van der Waals surface area contributed by atoms with Crippen molar-refractivity contribution in [3.05, 3.63) is 70.8 Å². The molecule has 4 nitrogen and oxygen atoms in total. The molecule has 0 atom stereocenters. The number of hydrogen-bond acceptors (Lipinski definition) is 3. The van der Waals surface area contributed by atoms with Gasteiger partial charge < -0.3 is 9.84 Å². The maximum absolute atomic E-state index is 12.4. The largest absolute Gasteiger partial charge is 0.355 e. The molecular formula is C16H11BrN2O2. The molecule has 0 radical (unpaired) electrons. The van der Waals surface area contributed by atoms with E-state index in [1.54, 1.807) is 0 Å². The molecule has 1 amide bonds. The summed E-state index contributed by atoms with van der Waals surface area (Å²) >= 11 is 3.37. The molecule has 1 heterocycles. The molecule has 0 aliphatic rings. The van der Waals surface area contributed by atoms with Crippen molar-refractivity contribution in [1.82, 2.24) is 5.16 Å². The van der Waals surface area contributed by atoms with E-state index < -0.39 is 0 Å². The van der Waals surface area contributed by atoms with Crippen LogP contribution in [0.15, 0.2) is 69.8 Å². The van der Waals surface area contributed by atoms with Gasteiger partial charge in [0.25, 0.3) is 5.91 Å². The molecule has 0 spiro atoms. The van der Waals surface area contributed by atoms with Gasteiger partial charge in [-0.25, -0.2) is 0 Å². The number of halogens is 1. The summed E-state index contributed by atoms with van der Waals surface area (Å²) in [7, 11) is 0. The molecule has 3 aromatic rings. The number of carbonyl (C=O) groups excluding carboxylic acids is 1. The number of benzene rings is 2. The van der Waals surface area contributed by atoms with Crippen molar-refractivity contribution < 1.29 is 9.32 Å². The lowest BCUT2D eigenvalue weighted by Crippen LogP contribution is -2.11. The zero-order chi connectivity index (χ0) is 14.7. The average Bonchev–Trinajstić information content (AvgIpc) is 2.98. The fourth-order valence-electron chi connectivity index (χ4n) is 1.96. The standard InChI is InChI=1S/C16H11BrN2O2/c17-12-7-4-8-13(9-12)19-16(20)14-10-18-21-15(14)11-5-2-1-3-6-11/h1-10H,(H,19,20). The highest BCUT2D eigenvalue weighted by molar-refractivity contribution is 9.10. The van der Waals surface area contributed by atoms with Crippen LogP contribution >= 0.6 is 15.9 Å². The van der Waals surface area contributed by atoms with Crippen LogP contribution < -0.4 is 5.32 Å². The van der Waals surface area contributed by atoms with Gasteiger partial charge in [0, 0.05) is 15.7 Å². The molecule has 1 aromatic heterocycles. The van der Waals surface area contributed by atoms with E-state index >= 15 is 0 Å². The Morgan fingerprint density at radius 2 is 1.90 bits per heavy atom. The molecule has 3 rings (SSSR count). The predicted octanol–water partition coefficient (Wildman–Crippen LogP) is 4.36. The third-order valence-corrected chi connectivity index (χ3v) is 3.43. The third kappa shape index (κ3) is 3.03. The number of carbonyl (C=O) groups is 1. The Balaban J connectivity index is 1.88. The van der Waals surface area contributed by atoms with Crippen molar-refractivity contribution in [2.45, 2.75) is 0 Å². The predicted molar refractivity (Wildman–Crippen MR) is 84.0 cm³/mol. The molecular weight excluding hydrogens is 332 g/mol. The number of hydrogen-bond donors (Lipinski definition) is 1. The molecule has 5 heteroatoms. The number of aromatic nitrogens is 1. The topological polar surface area (TPSA) is 55.1 Å². The molecule has 104 valence electrons. The molecule has 0 bridgehead atoms. The second-order valence-electron chi connectivity index (χ2n) is 4.40. The van der Waals surface area contributed by atoms with Crippen molar-refractivity contribution in [1.29, 1.82) is 0 Å². The second-order valence-corrected chi connectivity index (χ2v) is 5.31. The molecule has 0 saturated carbocycles. The normalized spacial score (nSPS) is 10.3. The summed E-state index contributed by atoms with van der Waals surface area (Å²) in [5.74, 6) is 0.205. The van der Waals surface area contributed by atoms with Crippen molar-refractivity contribution in [2.24, 2.45) is 0 Å². The molecule has 2 aromatic carbocycles. The minimum Gasteiger partial charge on any atom is -0.355 e. The average molecular weight is 343 g/mol. The van der Waals surface area contributed by atoms with Crippen molar-refractivity contribution >= 4 is 27.5 Å². The molecule has 1 N–H and O–H groups in total. The van der Waals surface area contributed by atoms with Crippen molar-refractivity contribution in [3.8, 4) is 11.3 Å². The van der Waals surface area contributed by atoms with Gasteiger partial charge >= 0.3 is 0 Å². The van der Waals surface area contributed by atoms with Gasteiger partial charge in [-0.15, -0.1) is 0 Å². The van der Waals surface area contributed by atoms with Crippen LogP contribution in [0.1, 0.15) is 10.4 Å². The van der Waals surface area contributed by atoms with Gasteiger partial charge in [0.2, 0.25) is 0 Å². The quantitative estimate of drug-likeness (QED) is 0.769. The molecule has 0 saturated heterocycles. The molecule has 21 heavy (non-hydrogen) atoms. The van der Waals surface area contributed by atoms with Crippen LogP contribution in [0.5, 0.6) is 0 Å². The van der Waals surface area contributed by atoms with E-state index in [2.05, 4.69) is 26.4 Å². The molecule has 0 unspecified atom stereocenters. The fourth-order valence-corrected chi connectivity index (χ4v) is 2.36. The second kappa shape index (κ2) is 5.93. The van der Waals surface area contributed by atoms with Crippen LogP contribution in [0.25, 0.3) is 11.3 Å². The smallest absolute Gasteiger partial charge is 0.261 e. The van der Waals surface area contributed by atoms with E-state index in [1.165, 1.54) is 6.20 Å². The van der Waals surface area contributed by atoms with Gasteiger partial charge in [-0.2, -0.15) is 0 Å². The Bertz CT molecular complexity index is 769. The number of anilines is 1. The number of rotatable bonds is 3. The first-order valence-corrected chi connectivity index (χ1v) is 7.10. The lowest BCUT2D eigenvalue weighted by Gasteiger charge is -2.05. The lowest BCUT2D eigenvalue weighted by molar-refractivity contribution is 0.102. The fraction of sp³-hybridized carbons (Fsp3) is 0. The first-order valence-electron chi connectivity index (χ1n) is 6.31. The number of nitrogens with one attached hydrogen (secondary N) is 1. The van der Waals surface area contributed by atoms with E-state index in [0.29, 0.717) is 17.0 Å². The minimum absolute atomic E-state index is 0.256. The highest BCUT2D eigenvalue weighted by atomic mass is 79.9. The van der Waals surface area contributed by atoms with Crippen LogP contribution in [0.2, 0.25) is 0 Å². The van der Waals surface area contributed by atoms with Gasteiger partial charge in [0.1, 0.15) is 5.56 Å². The van der Waals surface area contributed by atoms with Crippen LogP contribution in [0, 0.1) is 0 Å². The zero-order valence-electron chi connectivity index (χ0n) is 10.9. The lowest BCUT2D eigenvalue weighted by atomic mass is 10.1. The van der Waals surface area contributed by atoms with E-state index in [-0.39, 0.29) is 5.91 Å². The minimum atomic E-state index is -0.256. The Morgan fingerprint density at radius 1 is 1.10 bits per heavy atom. The molecule has 0 fully saturated rings. The summed E-state index contributed by atoms with van der Waals surface area (Å²) in [4.78, 5) is 12.4. The van der Waals surface area contributed by atoms with Crippen LogP contribution in [0.4, 0.5) is 5.69 Å². The van der Waals surface area contributed by atoms with E-state index in [0.717, 1.165) is 10.0 Å². The zero-order valence-corrected chi connectivity index (χ0v) is 12.5. The summed E-state index contributed by atoms with van der Waals surface area (Å²) in [6.07, 6.45) is 1.43. The van der Waals surface area contributed by atoms with Crippen LogP contribution in [0.3, 0.4) is 0 Å². The van der Waals surface area contributed by atoms with Gasteiger partial charge in [0.05, 0.1) is 6.20 Å². The highest BCUT2D eigenvalue weighted by Gasteiger charge is 2.17. The maximum atomic E-state index is 12.4. The Hall–Kier alpha value is -2.40. The van der Waals surface area contributed by atoms with E-state index in [9.17, 15) is 4.79 Å². The SMILES string of the molecule is O=C(Nc1cccc(Br)c1)c1cnoc1-c1ccccc1. The Kier molecular flexibility index (Phi) is 3.83. The van der Waals surface area contributed by atoms with Crippen molar-refractivity contribution in [2.75, 3.05) is 5.32 Å². The summed E-state index contributed by atoms with van der Waals surface area (Å²) in [5, 5.41) is 6.56. The van der Waals surface area contributed by atoms with Gasteiger partial charge in [-0.3, -0.25) is 4.79 Å². The van der Waals surface area contributed by atoms with Crippen LogP contribution in [-0.4, -0.2) is 11.1 Å². The summed E-state index contributed by atoms with van der Waals surface area (Å²) in [5.41, 5.74) is 1.92. The monoisotopic (exact) mass is 342 g/mol. The summed E-state index contributed by atoms with van der Waals surface area (Å²) in [6.45, 7) is 0. The number of amides is 1. The Morgan fingerprint density at radius 3 is 2.67 bits per heavy atom. The van der Waals surface area contributed by atoms with Crippen molar-refractivity contribution in [3.63, 3.8) is 0 Å². The van der Waals surface area contributed by atoms with Gasteiger partial charge in [-0.1, -0.05) is 57.5 Å².